The summed E-state index contributed by atoms with van der Waals surface area (Å²) in [5.74, 6) is 0. The van der Waals surface area contributed by atoms with Crippen molar-refractivity contribution in [2.24, 2.45) is 0 Å². The zero-order valence-electron chi connectivity index (χ0n) is 10.9. The Labute approximate surface area is 104 Å². The van der Waals surface area contributed by atoms with E-state index in [1.807, 2.05) is 18.2 Å². The highest BCUT2D eigenvalue weighted by Crippen LogP contribution is 2.22. The van der Waals surface area contributed by atoms with Crippen molar-refractivity contribution in [2.75, 3.05) is 13.1 Å². The third kappa shape index (κ3) is 3.08. The first-order chi connectivity index (χ1) is 8.18. The zero-order chi connectivity index (χ0) is 12.3. The van der Waals surface area contributed by atoms with Gasteiger partial charge < -0.3 is 5.11 Å². The minimum atomic E-state index is -0.350. The van der Waals surface area contributed by atoms with Crippen molar-refractivity contribution in [2.45, 2.75) is 45.3 Å². The summed E-state index contributed by atoms with van der Waals surface area (Å²) in [6.45, 7) is 6.23. The van der Waals surface area contributed by atoms with Crippen LogP contribution in [0.2, 0.25) is 0 Å². The van der Waals surface area contributed by atoms with Gasteiger partial charge in [-0.1, -0.05) is 30.7 Å². The third-order valence-electron chi connectivity index (χ3n) is 3.90. The number of aliphatic hydroxyl groups is 1. The maximum atomic E-state index is 10.3. The summed E-state index contributed by atoms with van der Waals surface area (Å²) in [6, 6.07) is 8.75. The van der Waals surface area contributed by atoms with Crippen LogP contribution in [0.4, 0.5) is 0 Å². The predicted molar refractivity (Wildman–Crippen MR) is 71.0 cm³/mol. The quantitative estimate of drug-likeness (QED) is 0.867. The van der Waals surface area contributed by atoms with E-state index in [0.717, 1.165) is 18.7 Å². The van der Waals surface area contributed by atoms with Crippen LogP contribution in [-0.2, 0) is 0 Å². The van der Waals surface area contributed by atoms with Crippen LogP contribution in [0.15, 0.2) is 24.3 Å². The lowest BCUT2D eigenvalue weighted by Crippen LogP contribution is -2.40. The van der Waals surface area contributed by atoms with Crippen LogP contribution in [-0.4, -0.2) is 29.1 Å². The number of hydrogen-bond donors (Lipinski definition) is 1. The van der Waals surface area contributed by atoms with Crippen LogP contribution in [0.5, 0.6) is 0 Å². The van der Waals surface area contributed by atoms with Crippen LogP contribution >= 0.6 is 0 Å². The van der Waals surface area contributed by atoms with Crippen LogP contribution in [0.3, 0.4) is 0 Å². The highest BCUT2D eigenvalue weighted by Gasteiger charge is 2.21. The smallest absolute Gasteiger partial charge is 0.0919 e. The predicted octanol–water partition coefficient (Wildman–Crippen LogP) is 2.90. The molecule has 0 saturated carbocycles. The number of piperidine rings is 1. The number of aliphatic hydroxyl groups excluding tert-OH is 1. The topological polar surface area (TPSA) is 23.5 Å². The Bertz CT molecular complexity index is 364. The second-order valence-electron chi connectivity index (χ2n) is 5.21. The van der Waals surface area contributed by atoms with Gasteiger partial charge in [0.2, 0.25) is 0 Å². The molecule has 1 aliphatic rings. The van der Waals surface area contributed by atoms with Crippen molar-refractivity contribution < 1.29 is 5.11 Å². The van der Waals surface area contributed by atoms with E-state index in [2.05, 4.69) is 24.8 Å². The first kappa shape index (κ1) is 12.6. The standard InChI is InChI=1S/C15H23NO/c1-12-7-3-4-9-14(12)15(17)11-16-10-6-5-8-13(16)2/h3-4,7,9,13,15,17H,5-6,8,10-11H2,1-2H3. The largest absolute Gasteiger partial charge is 0.387 e. The van der Waals surface area contributed by atoms with Gasteiger partial charge >= 0.3 is 0 Å². The molecular weight excluding hydrogens is 210 g/mol. The van der Waals surface area contributed by atoms with E-state index in [9.17, 15) is 5.11 Å². The molecule has 1 aliphatic heterocycles. The van der Waals surface area contributed by atoms with Crippen LogP contribution < -0.4 is 0 Å². The number of aryl methyl sites for hydroxylation is 1. The summed E-state index contributed by atoms with van der Waals surface area (Å²) in [7, 11) is 0. The monoisotopic (exact) mass is 233 g/mol. The second kappa shape index (κ2) is 5.65. The molecule has 1 fully saturated rings. The van der Waals surface area contributed by atoms with E-state index < -0.39 is 0 Å². The maximum absolute atomic E-state index is 10.3. The molecule has 0 spiro atoms. The maximum Gasteiger partial charge on any atom is 0.0919 e. The number of benzene rings is 1. The molecule has 2 rings (SSSR count). The summed E-state index contributed by atoms with van der Waals surface area (Å²) in [6.07, 6.45) is 3.51. The molecule has 0 aliphatic carbocycles. The molecule has 94 valence electrons. The van der Waals surface area contributed by atoms with E-state index in [4.69, 9.17) is 0 Å². The minimum absolute atomic E-state index is 0.350. The zero-order valence-corrected chi connectivity index (χ0v) is 10.9. The SMILES string of the molecule is Cc1ccccc1C(O)CN1CCCCC1C. The molecule has 0 aromatic heterocycles. The summed E-state index contributed by atoms with van der Waals surface area (Å²) < 4.78 is 0. The van der Waals surface area contributed by atoms with Crippen molar-refractivity contribution in [3.8, 4) is 0 Å². The Balaban J connectivity index is 2.01. The lowest BCUT2D eigenvalue weighted by atomic mass is 9.99. The van der Waals surface area contributed by atoms with Gasteiger partial charge in [-0.2, -0.15) is 0 Å². The van der Waals surface area contributed by atoms with Gasteiger partial charge in [0.15, 0.2) is 0 Å². The van der Waals surface area contributed by atoms with E-state index >= 15 is 0 Å². The van der Waals surface area contributed by atoms with Crippen molar-refractivity contribution >= 4 is 0 Å². The lowest BCUT2D eigenvalue weighted by molar-refractivity contribution is 0.0729. The average Bonchev–Trinajstić information content (AvgIpc) is 2.32. The van der Waals surface area contributed by atoms with Gasteiger partial charge in [-0.05, 0) is 44.4 Å². The Morgan fingerprint density at radius 3 is 2.82 bits per heavy atom. The average molecular weight is 233 g/mol. The van der Waals surface area contributed by atoms with E-state index in [-0.39, 0.29) is 6.10 Å². The van der Waals surface area contributed by atoms with Crippen molar-refractivity contribution in [1.82, 2.24) is 4.90 Å². The van der Waals surface area contributed by atoms with Gasteiger partial charge in [0.1, 0.15) is 0 Å². The Morgan fingerprint density at radius 1 is 1.35 bits per heavy atom. The fraction of sp³-hybridized carbons (Fsp3) is 0.600. The van der Waals surface area contributed by atoms with Gasteiger partial charge in [-0.15, -0.1) is 0 Å². The molecule has 2 atom stereocenters. The van der Waals surface area contributed by atoms with Gasteiger partial charge in [0.25, 0.3) is 0 Å². The van der Waals surface area contributed by atoms with E-state index in [1.54, 1.807) is 0 Å². The number of nitrogens with zero attached hydrogens (tertiary/aromatic N) is 1. The molecule has 2 heteroatoms. The minimum Gasteiger partial charge on any atom is -0.387 e. The molecule has 1 aromatic rings. The fourth-order valence-corrected chi connectivity index (χ4v) is 2.71. The highest BCUT2D eigenvalue weighted by atomic mass is 16.3. The Morgan fingerprint density at radius 2 is 2.12 bits per heavy atom. The molecule has 1 aromatic carbocycles. The van der Waals surface area contributed by atoms with Crippen LogP contribution in [0.1, 0.15) is 43.4 Å². The number of rotatable bonds is 3. The lowest BCUT2D eigenvalue weighted by Gasteiger charge is -2.35. The van der Waals surface area contributed by atoms with Crippen molar-refractivity contribution in [3.63, 3.8) is 0 Å². The summed E-state index contributed by atoms with van der Waals surface area (Å²) >= 11 is 0. The third-order valence-corrected chi connectivity index (χ3v) is 3.90. The molecule has 0 radical (unpaired) electrons. The van der Waals surface area contributed by atoms with Crippen molar-refractivity contribution in [3.05, 3.63) is 35.4 Å². The molecule has 2 nitrogen and oxygen atoms in total. The fourth-order valence-electron chi connectivity index (χ4n) is 2.71. The Kier molecular flexibility index (Phi) is 4.19. The van der Waals surface area contributed by atoms with Crippen molar-refractivity contribution in [1.29, 1.82) is 0 Å². The van der Waals surface area contributed by atoms with Gasteiger partial charge in [0.05, 0.1) is 6.10 Å². The molecule has 0 amide bonds. The first-order valence-corrected chi connectivity index (χ1v) is 6.66. The first-order valence-electron chi connectivity index (χ1n) is 6.66. The summed E-state index contributed by atoms with van der Waals surface area (Å²) in [5.41, 5.74) is 2.26. The molecular formula is C15H23NO. The number of hydrogen-bond acceptors (Lipinski definition) is 2. The van der Waals surface area contributed by atoms with Crippen LogP contribution in [0, 0.1) is 6.92 Å². The molecule has 0 bridgehead atoms. The van der Waals surface area contributed by atoms with E-state index in [1.165, 1.54) is 24.8 Å². The van der Waals surface area contributed by atoms with E-state index in [0.29, 0.717) is 6.04 Å². The molecule has 2 unspecified atom stereocenters. The molecule has 1 N–H and O–H groups in total. The number of β-amino-alcohol motifs (C(OH)–C–C–N with tert-alkyl or cyclic N) is 1. The molecule has 17 heavy (non-hydrogen) atoms. The van der Waals surface area contributed by atoms with Gasteiger partial charge in [0, 0.05) is 12.6 Å². The summed E-state index contributed by atoms with van der Waals surface area (Å²) in [4.78, 5) is 2.42. The van der Waals surface area contributed by atoms with Gasteiger partial charge in [-0.3, -0.25) is 4.90 Å². The van der Waals surface area contributed by atoms with Crippen LogP contribution in [0.25, 0.3) is 0 Å². The normalized spacial score (nSPS) is 23.6. The molecule has 1 saturated heterocycles. The second-order valence-corrected chi connectivity index (χ2v) is 5.21. The summed E-state index contributed by atoms with van der Waals surface area (Å²) in [5, 5.41) is 10.3. The highest BCUT2D eigenvalue weighted by molar-refractivity contribution is 5.27. The number of likely N-dealkylation sites (tertiary alicyclic amines) is 1. The Hall–Kier alpha value is -0.860. The molecule has 1 heterocycles. The van der Waals surface area contributed by atoms with Gasteiger partial charge in [-0.25, -0.2) is 0 Å².